The normalized spacial score (nSPS) is 19.1. The Labute approximate surface area is 127 Å². The van der Waals surface area contributed by atoms with Crippen molar-refractivity contribution < 1.29 is 4.79 Å². The summed E-state index contributed by atoms with van der Waals surface area (Å²) >= 11 is 0. The van der Waals surface area contributed by atoms with Gasteiger partial charge in [-0.05, 0) is 38.8 Å². The summed E-state index contributed by atoms with van der Waals surface area (Å²) in [5.41, 5.74) is 6.88. The lowest BCUT2D eigenvalue weighted by atomic mass is 10.1. The van der Waals surface area contributed by atoms with Gasteiger partial charge in [-0.3, -0.25) is 9.69 Å². The SMILES string of the molecule is CC(C)N(C[C@H]1CCCN1Cc1ccccc1)C(=O)CN. The zero-order chi connectivity index (χ0) is 15.2. The lowest BCUT2D eigenvalue weighted by Gasteiger charge is -2.33. The molecule has 1 heterocycles. The smallest absolute Gasteiger partial charge is 0.236 e. The van der Waals surface area contributed by atoms with Crippen LogP contribution in [0.15, 0.2) is 30.3 Å². The maximum atomic E-state index is 12.0. The molecule has 2 rings (SSSR count). The molecule has 2 N–H and O–H groups in total. The summed E-state index contributed by atoms with van der Waals surface area (Å²) in [7, 11) is 0. The topological polar surface area (TPSA) is 49.6 Å². The van der Waals surface area contributed by atoms with Gasteiger partial charge in [0, 0.05) is 25.2 Å². The summed E-state index contributed by atoms with van der Waals surface area (Å²) in [6.45, 7) is 7.09. The van der Waals surface area contributed by atoms with E-state index in [0.717, 1.165) is 26.1 Å². The van der Waals surface area contributed by atoms with Crippen LogP contribution in [0.4, 0.5) is 0 Å². The Kier molecular flexibility index (Phi) is 5.76. The summed E-state index contributed by atoms with van der Waals surface area (Å²) in [6, 6.07) is 11.2. The van der Waals surface area contributed by atoms with Gasteiger partial charge in [0.15, 0.2) is 0 Å². The number of amides is 1. The standard InChI is InChI=1S/C17H27N3O/c1-14(2)20(17(21)11-18)13-16-9-6-10-19(16)12-15-7-4-3-5-8-15/h3-5,7-8,14,16H,6,9-13,18H2,1-2H3/t16-/m1/s1. The van der Waals surface area contributed by atoms with Crippen LogP contribution in [0.1, 0.15) is 32.3 Å². The summed E-state index contributed by atoms with van der Waals surface area (Å²) < 4.78 is 0. The number of hydrogen-bond acceptors (Lipinski definition) is 3. The lowest BCUT2D eigenvalue weighted by Crippen LogP contribution is -2.47. The number of nitrogens with zero attached hydrogens (tertiary/aromatic N) is 2. The van der Waals surface area contributed by atoms with Gasteiger partial charge in [0.1, 0.15) is 0 Å². The van der Waals surface area contributed by atoms with E-state index in [0.29, 0.717) is 6.04 Å². The van der Waals surface area contributed by atoms with Gasteiger partial charge in [0.2, 0.25) is 5.91 Å². The molecule has 1 saturated heterocycles. The molecule has 4 nitrogen and oxygen atoms in total. The minimum atomic E-state index is 0.0524. The van der Waals surface area contributed by atoms with Crippen LogP contribution in [-0.2, 0) is 11.3 Å². The Morgan fingerprint density at radius 3 is 2.71 bits per heavy atom. The quantitative estimate of drug-likeness (QED) is 0.869. The van der Waals surface area contributed by atoms with E-state index in [-0.39, 0.29) is 18.5 Å². The Balaban J connectivity index is 1.99. The van der Waals surface area contributed by atoms with Gasteiger partial charge < -0.3 is 10.6 Å². The van der Waals surface area contributed by atoms with Crippen LogP contribution >= 0.6 is 0 Å². The first-order valence-corrected chi connectivity index (χ1v) is 7.89. The van der Waals surface area contributed by atoms with Crippen LogP contribution in [0.5, 0.6) is 0 Å². The molecule has 0 spiro atoms. The molecule has 1 aromatic carbocycles. The minimum Gasteiger partial charge on any atom is -0.338 e. The fourth-order valence-corrected chi connectivity index (χ4v) is 3.07. The number of rotatable bonds is 6. The van der Waals surface area contributed by atoms with Gasteiger partial charge in [-0.1, -0.05) is 30.3 Å². The van der Waals surface area contributed by atoms with Crippen molar-refractivity contribution in [2.24, 2.45) is 5.73 Å². The minimum absolute atomic E-state index is 0.0524. The van der Waals surface area contributed by atoms with E-state index >= 15 is 0 Å². The second-order valence-electron chi connectivity index (χ2n) is 6.10. The molecule has 1 atom stereocenters. The molecule has 0 radical (unpaired) electrons. The summed E-state index contributed by atoms with van der Waals surface area (Å²) in [5.74, 6) is 0.0524. The predicted octanol–water partition coefficient (Wildman–Crippen LogP) is 1.85. The van der Waals surface area contributed by atoms with E-state index in [1.54, 1.807) is 0 Å². The highest BCUT2D eigenvalue weighted by molar-refractivity contribution is 5.78. The van der Waals surface area contributed by atoms with Gasteiger partial charge >= 0.3 is 0 Å². The maximum absolute atomic E-state index is 12.0. The van der Waals surface area contributed by atoms with Gasteiger partial charge in [-0.25, -0.2) is 0 Å². The molecule has 1 fully saturated rings. The zero-order valence-corrected chi connectivity index (χ0v) is 13.2. The van der Waals surface area contributed by atoms with Gasteiger partial charge in [0.05, 0.1) is 6.54 Å². The molecule has 0 unspecified atom stereocenters. The Bertz CT molecular complexity index is 447. The van der Waals surface area contributed by atoms with E-state index in [1.165, 1.54) is 12.0 Å². The molecular weight excluding hydrogens is 262 g/mol. The van der Waals surface area contributed by atoms with Crippen molar-refractivity contribution in [3.63, 3.8) is 0 Å². The number of hydrogen-bond donors (Lipinski definition) is 1. The number of benzene rings is 1. The van der Waals surface area contributed by atoms with Gasteiger partial charge in [0.25, 0.3) is 0 Å². The van der Waals surface area contributed by atoms with Gasteiger partial charge in [-0.2, -0.15) is 0 Å². The van der Waals surface area contributed by atoms with E-state index in [1.807, 2.05) is 11.0 Å². The van der Waals surface area contributed by atoms with Crippen LogP contribution < -0.4 is 5.73 Å². The van der Waals surface area contributed by atoms with Crippen LogP contribution in [0.3, 0.4) is 0 Å². The van der Waals surface area contributed by atoms with Crippen LogP contribution in [0.25, 0.3) is 0 Å². The second-order valence-corrected chi connectivity index (χ2v) is 6.10. The molecule has 1 amide bonds. The first kappa shape index (κ1) is 16.0. The van der Waals surface area contributed by atoms with Crippen molar-refractivity contribution in [3.8, 4) is 0 Å². The highest BCUT2D eigenvalue weighted by atomic mass is 16.2. The van der Waals surface area contributed by atoms with E-state index in [2.05, 4.69) is 43.0 Å². The molecule has 1 aliphatic heterocycles. The zero-order valence-electron chi connectivity index (χ0n) is 13.2. The van der Waals surface area contributed by atoms with Crippen LogP contribution in [-0.4, -0.2) is 47.4 Å². The number of carbonyl (C=O) groups excluding carboxylic acids is 1. The third-order valence-corrected chi connectivity index (χ3v) is 4.25. The molecule has 0 aliphatic carbocycles. The predicted molar refractivity (Wildman–Crippen MR) is 85.8 cm³/mol. The molecule has 116 valence electrons. The summed E-state index contributed by atoms with van der Waals surface area (Å²) in [6.07, 6.45) is 2.37. The first-order chi connectivity index (χ1) is 10.1. The van der Waals surface area contributed by atoms with E-state index < -0.39 is 0 Å². The average Bonchev–Trinajstić information content (AvgIpc) is 2.92. The Morgan fingerprint density at radius 1 is 1.38 bits per heavy atom. The molecule has 0 aromatic heterocycles. The Morgan fingerprint density at radius 2 is 2.10 bits per heavy atom. The molecule has 0 saturated carbocycles. The largest absolute Gasteiger partial charge is 0.338 e. The van der Waals surface area contributed by atoms with Crippen molar-refractivity contribution in [1.82, 2.24) is 9.80 Å². The summed E-state index contributed by atoms with van der Waals surface area (Å²) in [4.78, 5) is 16.4. The maximum Gasteiger partial charge on any atom is 0.236 e. The van der Waals surface area contributed by atoms with Crippen LogP contribution in [0.2, 0.25) is 0 Å². The second kappa shape index (κ2) is 7.57. The molecule has 0 bridgehead atoms. The lowest BCUT2D eigenvalue weighted by molar-refractivity contribution is -0.132. The van der Waals surface area contributed by atoms with Crippen molar-refractivity contribution in [1.29, 1.82) is 0 Å². The van der Waals surface area contributed by atoms with Crippen molar-refractivity contribution in [2.75, 3.05) is 19.6 Å². The van der Waals surface area contributed by atoms with Crippen molar-refractivity contribution in [3.05, 3.63) is 35.9 Å². The molecule has 1 aliphatic rings. The monoisotopic (exact) mass is 289 g/mol. The fraction of sp³-hybridized carbons (Fsp3) is 0.588. The van der Waals surface area contributed by atoms with Gasteiger partial charge in [-0.15, -0.1) is 0 Å². The molecular formula is C17H27N3O. The van der Waals surface area contributed by atoms with Crippen molar-refractivity contribution >= 4 is 5.91 Å². The third-order valence-electron chi connectivity index (χ3n) is 4.25. The molecule has 1 aromatic rings. The molecule has 4 heteroatoms. The summed E-state index contributed by atoms with van der Waals surface area (Å²) in [5, 5.41) is 0. The fourth-order valence-electron chi connectivity index (χ4n) is 3.07. The number of carbonyl (C=O) groups is 1. The van der Waals surface area contributed by atoms with Crippen LogP contribution in [0, 0.1) is 0 Å². The highest BCUT2D eigenvalue weighted by Gasteiger charge is 2.28. The van der Waals surface area contributed by atoms with Crippen molar-refractivity contribution in [2.45, 2.75) is 45.3 Å². The highest BCUT2D eigenvalue weighted by Crippen LogP contribution is 2.21. The van der Waals surface area contributed by atoms with E-state index in [9.17, 15) is 4.79 Å². The number of likely N-dealkylation sites (tertiary alicyclic amines) is 1. The average molecular weight is 289 g/mol. The van der Waals surface area contributed by atoms with E-state index in [4.69, 9.17) is 5.73 Å². The third kappa shape index (κ3) is 4.29. The number of nitrogens with two attached hydrogens (primary N) is 1. The molecule has 21 heavy (non-hydrogen) atoms. The Hall–Kier alpha value is -1.39. The first-order valence-electron chi connectivity index (χ1n) is 7.89.